The van der Waals surface area contributed by atoms with Crippen LogP contribution in [0.1, 0.15) is 40.0 Å². The Kier molecular flexibility index (Phi) is 6.80. The second kappa shape index (κ2) is 8.43. The maximum absolute atomic E-state index is 12.2. The minimum absolute atomic E-state index is 0.175. The highest BCUT2D eigenvalue weighted by Gasteiger charge is 2.52. The molecule has 2 atom stereocenters. The lowest BCUT2D eigenvalue weighted by molar-refractivity contribution is -0.137. The fraction of sp³-hybridized carbons (Fsp3) is 0.667. The third-order valence-corrected chi connectivity index (χ3v) is 6.81. The molecule has 0 aliphatic heterocycles. The monoisotopic (exact) mass is 354 g/mol. The van der Waals surface area contributed by atoms with Crippen LogP contribution in [0, 0.1) is 5.41 Å². The van der Waals surface area contributed by atoms with Crippen molar-refractivity contribution >= 4 is 10.0 Å². The van der Waals surface area contributed by atoms with Gasteiger partial charge in [-0.05, 0) is 38.3 Å². The zero-order valence-electron chi connectivity index (χ0n) is 14.9. The van der Waals surface area contributed by atoms with Crippen molar-refractivity contribution in [2.24, 2.45) is 5.41 Å². The lowest BCUT2D eigenvalue weighted by atomic mass is 9.58. The van der Waals surface area contributed by atoms with Crippen molar-refractivity contribution in [3.63, 3.8) is 0 Å². The number of hydrogen-bond acceptors (Lipinski definition) is 4. The molecule has 0 heterocycles. The Morgan fingerprint density at radius 2 is 1.79 bits per heavy atom. The summed E-state index contributed by atoms with van der Waals surface area (Å²) in [4.78, 5) is 0.307. The quantitative estimate of drug-likeness (QED) is 0.634. The summed E-state index contributed by atoms with van der Waals surface area (Å²) in [5.74, 6) is 0. The molecule has 0 spiro atoms. The van der Waals surface area contributed by atoms with E-state index in [1.807, 2.05) is 6.92 Å². The molecule has 1 aromatic carbocycles. The zero-order chi connectivity index (χ0) is 17.6. The molecule has 1 fully saturated rings. The molecule has 0 bridgehead atoms. The molecule has 6 heteroatoms. The predicted molar refractivity (Wildman–Crippen MR) is 96.5 cm³/mol. The van der Waals surface area contributed by atoms with Crippen LogP contribution < -0.4 is 10.0 Å². The number of benzene rings is 1. The van der Waals surface area contributed by atoms with Crippen LogP contribution in [0.2, 0.25) is 0 Å². The summed E-state index contributed by atoms with van der Waals surface area (Å²) >= 11 is 0. The third-order valence-electron chi connectivity index (χ3n) is 5.33. The van der Waals surface area contributed by atoms with Crippen molar-refractivity contribution in [3.05, 3.63) is 30.3 Å². The number of nitrogens with one attached hydrogen (secondary N) is 2. The summed E-state index contributed by atoms with van der Waals surface area (Å²) < 4.78 is 32.9. The Morgan fingerprint density at radius 1 is 1.12 bits per heavy atom. The van der Waals surface area contributed by atoms with Crippen LogP contribution in [0.15, 0.2) is 35.2 Å². The van der Waals surface area contributed by atoms with Crippen molar-refractivity contribution in [1.29, 1.82) is 0 Å². The highest BCUT2D eigenvalue weighted by atomic mass is 32.2. The summed E-state index contributed by atoms with van der Waals surface area (Å²) in [6.07, 6.45) is 3.46. The van der Waals surface area contributed by atoms with Crippen LogP contribution in [0.25, 0.3) is 0 Å². The van der Waals surface area contributed by atoms with E-state index < -0.39 is 10.0 Å². The molecule has 0 saturated heterocycles. The molecule has 2 N–H and O–H groups in total. The fourth-order valence-electron chi connectivity index (χ4n) is 3.78. The number of ether oxygens (including phenoxy) is 1. The van der Waals surface area contributed by atoms with Gasteiger partial charge in [0.1, 0.15) is 0 Å². The van der Waals surface area contributed by atoms with E-state index in [0.717, 1.165) is 25.9 Å². The van der Waals surface area contributed by atoms with E-state index in [-0.39, 0.29) is 5.41 Å². The van der Waals surface area contributed by atoms with Crippen molar-refractivity contribution in [2.45, 2.75) is 57.1 Å². The molecule has 1 saturated carbocycles. The number of hydrogen-bond donors (Lipinski definition) is 2. The van der Waals surface area contributed by atoms with E-state index in [0.29, 0.717) is 30.1 Å². The highest BCUT2D eigenvalue weighted by molar-refractivity contribution is 7.89. The SMILES string of the molecule is CCO[C@H]1C[C@H](NCCNS(=O)(=O)c2ccccc2)C1(CC)CC. The summed E-state index contributed by atoms with van der Waals surface area (Å²) in [6.45, 7) is 8.21. The lowest BCUT2D eigenvalue weighted by Crippen LogP contribution is -2.64. The maximum atomic E-state index is 12.2. The Bertz CT molecular complexity index is 600. The molecule has 24 heavy (non-hydrogen) atoms. The van der Waals surface area contributed by atoms with Crippen LogP contribution in [0.4, 0.5) is 0 Å². The van der Waals surface area contributed by atoms with Gasteiger partial charge < -0.3 is 10.1 Å². The largest absolute Gasteiger partial charge is 0.378 e. The molecule has 0 amide bonds. The van der Waals surface area contributed by atoms with Crippen LogP contribution in [-0.4, -0.2) is 40.3 Å². The Labute approximate surface area is 146 Å². The van der Waals surface area contributed by atoms with Crippen LogP contribution in [-0.2, 0) is 14.8 Å². The average molecular weight is 355 g/mol. The van der Waals surface area contributed by atoms with E-state index >= 15 is 0 Å². The first kappa shape index (κ1) is 19.4. The molecule has 0 unspecified atom stereocenters. The maximum Gasteiger partial charge on any atom is 0.240 e. The Balaban J connectivity index is 1.82. The predicted octanol–water partition coefficient (Wildman–Crippen LogP) is 2.54. The standard InChI is InChI=1S/C18H30N2O3S/c1-4-18(5-2)16(14-17(18)23-6-3)19-12-13-20-24(21,22)15-10-8-7-9-11-15/h7-11,16-17,19-20H,4-6,12-14H2,1-3H3/t16-,17-/m0/s1. The fourth-order valence-corrected chi connectivity index (χ4v) is 4.83. The van der Waals surface area contributed by atoms with Crippen molar-refractivity contribution < 1.29 is 13.2 Å². The zero-order valence-corrected chi connectivity index (χ0v) is 15.7. The molecule has 1 aliphatic rings. The summed E-state index contributed by atoms with van der Waals surface area (Å²) in [7, 11) is -3.42. The molecule has 1 aromatic rings. The van der Waals surface area contributed by atoms with E-state index in [2.05, 4.69) is 23.9 Å². The first-order valence-corrected chi connectivity index (χ1v) is 10.4. The third kappa shape index (κ3) is 3.99. The average Bonchev–Trinajstić information content (AvgIpc) is 2.58. The van der Waals surface area contributed by atoms with Gasteiger partial charge in [-0.25, -0.2) is 13.1 Å². The van der Waals surface area contributed by atoms with Crippen LogP contribution in [0.3, 0.4) is 0 Å². The molecular weight excluding hydrogens is 324 g/mol. The van der Waals surface area contributed by atoms with Gasteiger partial charge in [0.05, 0.1) is 11.0 Å². The minimum atomic E-state index is -3.42. The lowest BCUT2D eigenvalue weighted by Gasteiger charge is -2.55. The van der Waals surface area contributed by atoms with Gasteiger partial charge in [-0.3, -0.25) is 0 Å². The molecule has 5 nitrogen and oxygen atoms in total. The van der Waals surface area contributed by atoms with E-state index in [4.69, 9.17) is 4.74 Å². The summed E-state index contributed by atoms with van der Waals surface area (Å²) in [6, 6.07) is 8.87. The van der Waals surface area contributed by atoms with Gasteiger partial charge >= 0.3 is 0 Å². The first-order chi connectivity index (χ1) is 11.5. The Hall–Kier alpha value is -0.950. The normalized spacial score (nSPS) is 23.0. The number of rotatable bonds is 10. The molecular formula is C18H30N2O3S. The second-order valence-corrected chi connectivity index (χ2v) is 8.10. The van der Waals surface area contributed by atoms with Gasteiger partial charge in [-0.1, -0.05) is 32.0 Å². The van der Waals surface area contributed by atoms with Gasteiger partial charge in [0.2, 0.25) is 10.0 Å². The van der Waals surface area contributed by atoms with Crippen molar-refractivity contribution in [1.82, 2.24) is 10.0 Å². The molecule has 136 valence electrons. The van der Waals surface area contributed by atoms with E-state index in [9.17, 15) is 8.42 Å². The molecule has 0 radical (unpaired) electrons. The second-order valence-electron chi connectivity index (χ2n) is 6.34. The van der Waals surface area contributed by atoms with Crippen LogP contribution >= 0.6 is 0 Å². The summed E-state index contributed by atoms with van der Waals surface area (Å²) in [5, 5.41) is 3.52. The smallest absolute Gasteiger partial charge is 0.240 e. The molecule has 2 rings (SSSR count). The molecule has 0 aromatic heterocycles. The van der Waals surface area contributed by atoms with Crippen LogP contribution in [0.5, 0.6) is 0 Å². The minimum Gasteiger partial charge on any atom is -0.378 e. The van der Waals surface area contributed by atoms with Gasteiger partial charge in [-0.2, -0.15) is 0 Å². The van der Waals surface area contributed by atoms with E-state index in [1.54, 1.807) is 30.3 Å². The van der Waals surface area contributed by atoms with E-state index in [1.165, 1.54) is 0 Å². The first-order valence-electron chi connectivity index (χ1n) is 8.89. The number of sulfonamides is 1. The van der Waals surface area contributed by atoms with Crippen molar-refractivity contribution in [2.75, 3.05) is 19.7 Å². The Morgan fingerprint density at radius 3 is 2.38 bits per heavy atom. The van der Waals surface area contributed by atoms with Gasteiger partial charge in [0.25, 0.3) is 0 Å². The van der Waals surface area contributed by atoms with Gasteiger partial charge in [-0.15, -0.1) is 0 Å². The topological polar surface area (TPSA) is 67.4 Å². The van der Waals surface area contributed by atoms with Gasteiger partial charge in [0.15, 0.2) is 0 Å². The van der Waals surface area contributed by atoms with Crippen molar-refractivity contribution in [3.8, 4) is 0 Å². The highest BCUT2D eigenvalue weighted by Crippen LogP contribution is 2.48. The molecule has 1 aliphatic carbocycles. The van der Waals surface area contributed by atoms with Gasteiger partial charge in [0, 0.05) is 31.2 Å². The summed E-state index contributed by atoms with van der Waals surface area (Å²) in [5.41, 5.74) is 0.175.